The SMILES string of the molecule is CS(=O)(=O)c1ccc2nc(NC(=O)CCc3ccc4c(c3)OCO4)sc2c1. The number of aromatic nitrogens is 1. The van der Waals surface area contributed by atoms with Crippen molar-refractivity contribution in [3.8, 4) is 11.5 Å². The van der Waals surface area contributed by atoms with Crippen molar-refractivity contribution in [2.75, 3.05) is 18.4 Å². The Bertz CT molecular complexity index is 1140. The number of aryl methyl sites for hydroxylation is 1. The number of nitrogens with one attached hydrogen (secondary N) is 1. The minimum absolute atomic E-state index is 0.157. The lowest BCUT2D eigenvalue weighted by molar-refractivity contribution is -0.116. The lowest BCUT2D eigenvalue weighted by Crippen LogP contribution is -2.12. The van der Waals surface area contributed by atoms with Crippen molar-refractivity contribution >= 4 is 42.4 Å². The fraction of sp³-hybridized carbons (Fsp3) is 0.222. The molecule has 27 heavy (non-hydrogen) atoms. The van der Waals surface area contributed by atoms with Gasteiger partial charge in [-0.05, 0) is 42.3 Å². The highest BCUT2D eigenvalue weighted by Gasteiger charge is 2.15. The van der Waals surface area contributed by atoms with E-state index in [1.807, 2.05) is 18.2 Å². The Morgan fingerprint density at radius 1 is 1.19 bits per heavy atom. The van der Waals surface area contributed by atoms with Gasteiger partial charge in [0.25, 0.3) is 0 Å². The monoisotopic (exact) mass is 404 g/mol. The molecule has 4 rings (SSSR count). The molecule has 0 radical (unpaired) electrons. The van der Waals surface area contributed by atoms with Gasteiger partial charge in [0, 0.05) is 12.7 Å². The Balaban J connectivity index is 1.42. The van der Waals surface area contributed by atoms with E-state index in [2.05, 4.69) is 10.3 Å². The van der Waals surface area contributed by atoms with Gasteiger partial charge in [0.05, 0.1) is 15.1 Å². The quantitative estimate of drug-likeness (QED) is 0.702. The fourth-order valence-corrected chi connectivity index (χ4v) is 4.37. The van der Waals surface area contributed by atoms with E-state index in [0.29, 0.717) is 39.7 Å². The molecule has 1 aliphatic heterocycles. The van der Waals surface area contributed by atoms with Gasteiger partial charge in [-0.2, -0.15) is 0 Å². The van der Waals surface area contributed by atoms with E-state index in [4.69, 9.17) is 9.47 Å². The first-order chi connectivity index (χ1) is 12.9. The molecule has 3 aromatic rings. The number of sulfone groups is 1. The normalized spacial score (nSPS) is 13.1. The van der Waals surface area contributed by atoms with Gasteiger partial charge < -0.3 is 14.8 Å². The summed E-state index contributed by atoms with van der Waals surface area (Å²) in [4.78, 5) is 16.8. The average molecular weight is 404 g/mol. The van der Waals surface area contributed by atoms with Gasteiger partial charge in [0.2, 0.25) is 12.7 Å². The van der Waals surface area contributed by atoms with Crippen LogP contribution in [-0.4, -0.2) is 32.4 Å². The van der Waals surface area contributed by atoms with Crippen LogP contribution in [-0.2, 0) is 21.1 Å². The Kier molecular flexibility index (Phi) is 4.48. The van der Waals surface area contributed by atoms with Crippen molar-refractivity contribution in [1.82, 2.24) is 4.98 Å². The summed E-state index contributed by atoms with van der Waals surface area (Å²) in [5.74, 6) is 1.25. The van der Waals surface area contributed by atoms with Crippen LogP contribution in [0.2, 0.25) is 0 Å². The third-order valence-corrected chi connectivity index (χ3v) is 6.16. The van der Waals surface area contributed by atoms with Crippen molar-refractivity contribution in [1.29, 1.82) is 0 Å². The number of thiazole rings is 1. The number of carbonyl (C=O) groups excluding carboxylic acids is 1. The van der Waals surface area contributed by atoms with Crippen molar-refractivity contribution in [2.45, 2.75) is 17.7 Å². The smallest absolute Gasteiger partial charge is 0.231 e. The molecular formula is C18H16N2O5S2. The number of hydrogen-bond acceptors (Lipinski definition) is 7. The first kappa shape index (κ1) is 17.7. The zero-order valence-electron chi connectivity index (χ0n) is 14.4. The van der Waals surface area contributed by atoms with Crippen LogP contribution in [0.15, 0.2) is 41.3 Å². The van der Waals surface area contributed by atoms with Gasteiger partial charge in [-0.15, -0.1) is 0 Å². The van der Waals surface area contributed by atoms with E-state index in [-0.39, 0.29) is 17.6 Å². The first-order valence-corrected chi connectivity index (χ1v) is 10.9. The molecule has 0 bridgehead atoms. The van der Waals surface area contributed by atoms with E-state index in [1.54, 1.807) is 12.1 Å². The molecule has 7 nitrogen and oxygen atoms in total. The van der Waals surface area contributed by atoms with Crippen LogP contribution in [0, 0.1) is 0 Å². The Hall–Kier alpha value is -2.65. The maximum absolute atomic E-state index is 12.2. The third kappa shape index (κ3) is 3.88. The molecule has 140 valence electrons. The highest BCUT2D eigenvalue weighted by Crippen LogP contribution is 2.33. The summed E-state index contributed by atoms with van der Waals surface area (Å²) in [5.41, 5.74) is 1.63. The summed E-state index contributed by atoms with van der Waals surface area (Å²) in [6.45, 7) is 0.220. The van der Waals surface area contributed by atoms with Crippen LogP contribution in [0.5, 0.6) is 11.5 Å². The van der Waals surface area contributed by atoms with E-state index in [0.717, 1.165) is 11.8 Å². The number of hydrogen-bond donors (Lipinski definition) is 1. The van der Waals surface area contributed by atoms with Gasteiger partial charge in [0.15, 0.2) is 26.5 Å². The number of anilines is 1. The standard InChI is InChI=1S/C18H16N2O5S2/c1-27(22,23)12-4-5-13-16(9-12)26-18(19-13)20-17(21)7-3-11-2-6-14-15(8-11)25-10-24-14/h2,4-6,8-9H,3,7,10H2,1H3,(H,19,20,21). The molecule has 0 atom stereocenters. The molecule has 1 N–H and O–H groups in total. The number of rotatable bonds is 5. The van der Waals surface area contributed by atoms with E-state index < -0.39 is 9.84 Å². The summed E-state index contributed by atoms with van der Waals surface area (Å²) in [7, 11) is -3.28. The van der Waals surface area contributed by atoms with Crippen molar-refractivity contribution in [3.63, 3.8) is 0 Å². The van der Waals surface area contributed by atoms with E-state index >= 15 is 0 Å². The number of nitrogens with zero attached hydrogens (tertiary/aromatic N) is 1. The second-order valence-electron chi connectivity index (χ2n) is 6.16. The van der Waals surface area contributed by atoms with Gasteiger partial charge in [-0.25, -0.2) is 13.4 Å². The molecule has 0 spiro atoms. The maximum Gasteiger partial charge on any atom is 0.231 e. The second kappa shape index (κ2) is 6.82. The lowest BCUT2D eigenvalue weighted by atomic mass is 10.1. The predicted molar refractivity (Wildman–Crippen MR) is 102 cm³/mol. The fourth-order valence-electron chi connectivity index (χ4n) is 2.73. The van der Waals surface area contributed by atoms with Crippen LogP contribution in [0.3, 0.4) is 0 Å². The molecular weight excluding hydrogens is 388 g/mol. The molecule has 1 aromatic heterocycles. The van der Waals surface area contributed by atoms with Gasteiger partial charge in [0.1, 0.15) is 0 Å². The van der Waals surface area contributed by atoms with Crippen molar-refractivity contribution in [2.24, 2.45) is 0 Å². The van der Waals surface area contributed by atoms with Crippen molar-refractivity contribution < 1.29 is 22.7 Å². The topological polar surface area (TPSA) is 94.6 Å². The van der Waals surface area contributed by atoms with E-state index in [1.165, 1.54) is 17.4 Å². The number of ether oxygens (including phenoxy) is 2. The van der Waals surface area contributed by atoms with Gasteiger partial charge in [-0.3, -0.25) is 4.79 Å². The molecule has 0 saturated heterocycles. The molecule has 0 unspecified atom stereocenters. The molecule has 2 aromatic carbocycles. The van der Waals surface area contributed by atoms with E-state index in [9.17, 15) is 13.2 Å². The van der Waals surface area contributed by atoms with Crippen LogP contribution in [0.4, 0.5) is 5.13 Å². The number of benzene rings is 2. The molecule has 0 fully saturated rings. The predicted octanol–water partition coefficient (Wildman–Crippen LogP) is 3.00. The first-order valence-electron chi connectivity index (χ1n) is 8.17. The summed E-state index contributed by atoms with van der Waals surface area (Å²) in [5, 5.41) is 3.23. The molecule has 0 saturated carbocycles. The van der Waals surface area contributed by atoms with Crippen LogP contribution < -0.4 is 14.8 Å². The Labute approximate surface area is 159 Å². The van der Waals surface area contributed by atoms with Crippen LogP contribution >= 0.6 is 11.3 Å². The minimum atomic E-state index is -3.28. The largest absolute Gasteiger partial charge is 0.454 e. The third-order valence-electron chi connectivity index (χ3n) is 4.11. The summed E-state index contributed by atoms with van der Waals surface area (Å²) in [6, 6.07) is 10.4. The highest BCUT2D eigenvalue weighted by molar-refractivity contribution is 7.90. The zero-order valence-corrected chi connectivity index (χ0v) is 16.0. The van der Waals surface area contributed by atoms with Crippen LogP contribution in [0.25, 0.3) is 10.2 Å². The van der Waals surface area contributed by atoms with Crippen LogP contribution in [0.1, 0.15) is 12.0 Å². The Morgan fingerprint density at radius 3 is 2.81 bits per heavy atom. The molecule has 9 heteroatoms. The molecule has 0 aliphatic carbocycles. The lowest BCUT2D eigenvalue weighted by Gasteiger charge is -2.03. The van der Waals surface area contributed by atoms with Gasteiger partial charge >= 0.3 is 0 Å². The highest BCUT2D eigenvalue weighted by atomic mass is 32.2. The summed E-state index contributed by atoms with van der Waals surface area (Å²) >= 11 is 1.25. The average Bonchev–Trinajstić information content (AvgIpc) is 3.23. The Morgan fingerprint density at radius 2 is 2.00 bits per heavy atom. The number of carbonyl (C=O) groups is 1. The summed E-state index contributed by atoms with van der Waals surface area (Å²) in [6.07, 6.45) is 2.02. The maximum atomic E-state index is 12.2. The summed E-state index contributed by atoms with van der Waals surface area (Å²) < 4.78 is 34.6. The zero-order chi connectivity index (χ0) is 19.0. The number of amides is 1. The minimum Gasteiger partial charge on any atom is -0.454 e. The molecule has 1 amide bonds. The molecule has 1 aliphatic rings. The van der Waals surface area contributed by atoms with Crippen molar-refractivity contribution in [3.05, 3.63) is 42.0 Å². The van der Waals surface area contributed by atoms with Gasteiger partial charge in [-0.1, -0.05) is 17.4 Å². The second-order valence-corrected chi connectivity index (χ2v) is 9.20. The number of fused-ring (bicyclic) bond motifs is 2. The molecule has 2 heterocycles.